The molecule has 1 aliphatic heterocycles. The van der Waals surface area contributed by atoms with E-state index < -0.39 is 0 Å². The van der Waals surface area contributed by atoms with E-state index in [2.05, 4.69) is 31.2 Å². The summed E-state index contributed by atoms with van der Waals surface area (Å²) in [5.74, 6) is 0.109. The number of aryl methyl sites for hydroxylation is 1. The molecule has 1 aromatic carbocycles. The van der Waals surface area contributed by atoms with Gasteiger partial charge in [0.15, 0.2) is 0 Å². The first kappa shape index (κ1) is 15.6. The lowest BCUT2D eigenvalue weighted by Crippen LogP contribution is -2.48. The Balaban J connectivity index is 1.57. The zero-order valence-electron chi connectivity index (χ0n) is 12.5. The first-order valence-corrected chi connectivity index (χ1v) is 8.98. The molecule has 0 N–H and O–H groups in total. The predicted molar refractivity (Wildman–Crippen MR) is 92.2 cm³/mol. The number of carbonyl (C=O) groups excluding carboxylic acids is 1. The third kappa shape index (κ3) is 3.56. The second-order valence-corrected chi connectivity index (χ2v) is 7.23. The summed E-state index contributed by atoms with van der Waals surface area (Å²) in [7, 11) is 0. The van der Waals surface area contributed by atoms with E-state index in [0.717, 1.165) is 53.5 Å². The minimum atomic E-state index is 0.109. The van der Waals surface area contributed by atoms with Gasteiger partial charge >= 0.3 is 0 Å². The van der Waals surface area contributed by atoms with Crippen molar-refractivity contribution in [1.82, 2.24) is 14.8 Å². The van der Waals surface area contributed by atoms with Gasteiger partial charge in [-0.25, -0.2) is 4.98 Å². The van der Waals surface area contributed by atoms with E-state index >= 15 is 0 Å². The van der Waals surface area contributed by atoms with Gasteiger partial charge in [0.2, 0.25) is 0 Å². The Hall–Kier alpha value is -1.24. The van der Waals surface area contributed by atoms with Gasteiger partial charge in [-0.3, -0.25) is 9.69 Å². The number of halogens is 1. The highest BCUT2D eigenvalue weighted by Crippen LogP contribution is 2.19. The molecule has 6 heteroatoms. The number of carbonyl (C=O) groups is 1. The topological polar surface area (TPSA) is 36.4 Å². The molecular formula is C16H18BrN3OS. The highest BCUT2D eigenvalue weighted by atomic mass is 79.9. The Labute approximate surface area is 142 Å². The summed E-state index contributed by atoms with van der Waals surface area (Å²) < 4.78 is 0.862. The van der Waals surface area contributed by atoms with E-state index in [4.69, 9.17) is 0 Å². The molecule has 2 heterocycles. The molecule has 0 spiro atoms. The number of aromatic nitrogens is 1. The molecule has 1 amide bonds. The maximum Gasteiger partial charge on any atom is 0.255 e. The van der Waals surface area contributed by atoms with E-state index in [1.165, 1.54) is 0 Å². The highest BCUT2D eigenvalue weighted by molar-refractivity contribution is 9.10. The van der Waals surface area contributed by atoms with Crippen LogP contribution in [-0.2, 0) is 6.54 Å². The number of amides is 1. The molecule has 4 nitrogen and oxygen atoms in total. The molecule has 1 aromatic heterocycles. The average Bonchev–Trinajstić information content (AvgIpc) is 2.93. The number of rotatable bonds is 3. The third-order valence-electron chi connectivity index (χ3n) is 3.79. The van der Waals surface area contributed by atoms with Crippen LogP contribution in [0.4, 0.5) is 0 Å². The molecule has 0 radical (unpaired) electrons. The van der Waals surface area contributed by atoms with Crippen molar-refractivity contribution in [3.8, 4) is 0 Å². The summed E-state index contributed by atoms with van der Waals surface area (Å²) >= 11 is 5.17. The molecule has 0 bridgehead atoms. The summed E-state index contributed by atoms with van der Waals surface area (Å²) in [4.78, 5) is 21.4. The van der Waals surface area contributed by atoms with E-state index in [-0.39, 0.29) is 5.91 Å². The van der Waals surface area contributed by atoms with Crippen molar-refractivity contribution in [1.29, 1.82) is 0 Å². The highest BCUT2D eigenvalue weighted by Gasteiger charge is 2.23. The van der Waals surface area contributed by atoms with Crippen molar-refractivity contribution in [3.05, 3.63) is 50.4 Å². The second kappa shape index (κ2) is 6.89. The van der Waals surface area contributed by atoms with Gasteiger partial charge in [0, 0.05) is 41.7 Å². The van der Waals surface area contributed by atoms with Gasteiger partial charge in [0.1, 0.15) is 5.01 Å². The van der Waals surface area contributed by atoms with Gasteiger partial charge < -0.3 is 4.90 Å². The van der Waals surface area contributed by atoms with Crippen LogP contribution in [0.5, 0.6) is 0 Å². The van der Waals surface area contributed by atoms with E-state index in [1.807, 2.05) is 36.1 Å². The molecule has 1 fully saturated rings. The maximum absolute atomic E-state index is 12.6. The van der Waals surface area contributed by atoms with Crippen LogP contribution in [0.25, 0.3) is 0 Å². The van der Waals surface area contributed by atoms with Crippen LogP contribution in [-0.4, -0.2) is 46.9 Å². The van der Waals surface area contributed by atoms with Crippen LogP contribution in [0.2, 0.25) is 0 Å². The van der Waals surface area contributed by atoms with Crippen LogP contribution >= 0.6 is 27.3 Å². The van der Waals surface area contributed by atoms with Crippen LogP contribution in [0.15, 0.2) is 34.1 Å². The van der Waals surface area contributed by atoms with Crippen molar-refractivity contribution < 1.29 is 4.79 Å². The zero-order valence-corrected chi connectivity index (χ0v) is 14.9. The standard InChI is InChI=1S/C16H18BrN3OS/c1-12-11-22-15(18-12)10-19-6-8-20(9-7-19)16(21)13-4-2-3-5-14(13)17/h2-5,11H,6-10H2,1H3. The van der Waals surface area contributed by atoms with E-state index in [1.54, 1.807) is 11.3 Å². The van der Waals surface area contributed by atoms with Gasteiger partial charge in [-0.2, -0.15) is 0 Å². The van der Waals surface area contributed by atoms with Gasteiger partial charge in [0.25, 0.3) is 5.91 Å². The quantitative estimate of drug-likeness (QED) is 0.821. The monoisotopic (exact) mass is 379 g/mol. The number of hydrogen-bond acceptors (Lipinski definition) is 4. The molecule has 0 atom stereocenters. The second-order valence-electron chi connectivity index (χ2n) is 5.43. The maximum atomic E-state index is 12.6. The summed E-state index contributed by atoms with van der Waals surface area (Å²) in [6.45, 7) is 6.24. The van der Waals surface area contributed by atoms with Gasteiger partial charge in [-0.1, -0.05) is 12.1 Å². The summed E-state index contributed by atoms with van der Waals surface area (Å²) in [5, 5.41) is 3.24. The van der Waals surface area contributed by atoms with Gasteiger partial charge in [-0.15, -0.1) is 11.3 Å². The summed E-state index contributed by atoms with van der Waals surface area (Å²) in [6, 6.07) is 7.61. The SMILES string of the molecule is Cc1csc(CN2CCN(C(=O)c3ccccc3Br)CC2)n1. The summed E-state index contributed by atoms with van der Waals surface area (Å²) in [5.41, 5.74) is 1.83. The summed E-state index contributed by atoms with van der Waals surface area (Å²) in [6.07, 6.45) is 0. The number of hydrogen-bond donors (Lipinski definition) is 0. The Kier molecular flexibility index (Phi) is 4.90. The van der Waals surface area contributed by atoms with Crippen LogP contribution in [0.3, 0.4) is 0 Å². The fraction of sp³-hybridized carbons (Fsp3) is 0.375. The van der Waals surface area contributed by atoms with Crippen molar-refractivity contribution in [2.45, 2.75) is 13.5 Å². The van der Waals surface area contributed by atoms with Crippen LogP contribution in [0, 0.1) is 6.92 Å². The number of nitrogens with zero attached hydrogens (tertiary/aromatic N) is 3. The van der Waals surface area contributed by atoms with Crippen LogP contribution < -0.4 is 0 Å². The largest absolute Gasteiger partial charge is 0.336 e. The number of piperazine rings is 1. The number of benzene rings is 1. The molecule has 1 aliphatic rings. The Morgan fingerprint density at radius 3 is 2.64 bits per heavy atom. The molecule has 0 aliphatic carbocycles. The van der Waals surface area contributed by atoms with Crippen molar-refractivity contribution >= 4 is 33.2 Å². The van der Waals surface area contributed by atoms with Gasteiger partial charge in [-0.05, 0) is 35.0 Å². The lowest BCUT2D eigenvalue weighted by atomic mass is 10.2. The molecule has 2 aromatic rings. The lowest BCUT2D eigenvalue weighted by Gasteiger charge is -2.34. The Morgan fingerprint density at radius 2 is 2.00 bits per heavy atom. The smallest absolute Gasteiger partial charge is 0.255 e. The third-order valence-corrected chi connectivity index (χ3v) is 5.43. The fourth-order valence-electron chi connectivity index (χ4n) is 2.58. The number of thiazole rings is 1. The van der Waals surface area contributed by atoms with E-state index in [0.29, 0.717) is 0 Å². The van der Waals surface area contributed by atoms with Crippen molar-refractivity contribution in [2.75, 3.05) is 26.2 Å². The van der Waals surface area contributed by atoms with E-state index in [9.17, 15) is 4.79 Å². The van der Waals surface area contributed by atoms with Crippen molar-refractivity contribution in [2.24, 2.45) is 0 Å². The Bertz CT molecular complexity index is 665. The minimum Gasteiger partial charge on any atom is -0.336 e. The average molecular weight is 380 g/mol. The molecule has 0 saturated carbocycles. The van der Waals surface area contributed by atoms with Crippen molar-refractivity contribution in [3.63, 3.8) is 0 Å². The zero-order chi connectivity index (χ0) is 15.5. The first-order valence-electron chi connectivity index (χ1n) is 7.30. The predicted octanol–water partition coefficient (Wildman–Crippen LogP) is 3.17. The normalized spacial score (nSPS) is 16.0. The Morgan fingerprint density at radius 1 is 1.27 bits per heavy atom. The molecule has 22 heavy (non-hydrogen) atoms. The van der Waals surface area contributed by atoms with Gasteiger partial charge in [0.05, 0.1) is 12.1 Å². The van der Waals surface area contributed by atoms with Crippen LogP contribution in [0.1, 0.15) is 21.1 Å². The lowest BCUT2D eigenvalue weighted by molar-refractivity contribution is 0.0627. The molecule has 3 rings (SSSR count). The molecule has 0 unspecified atom stereocenters. The molecule has 1 saturated heterocycles. The minimum absolute atomic E-state index is 0.109. The fourth-order valence-corrected chi connectivity index (χ4v) is 3.85. The molecule has 116 valence electrons. The molecular weight excluding hydrogens is 362 g/mol. The first-order chi connectivity index (χ1) is 10.6.